The van der Waals surface area contributed by atoms with Crippen molar-refractivity contribution < 1.29 is 14.0 Å². The molecule has 2 N–H and O–H groups in total. The summed E-state index contributed by atoms with van der Waals surface area (Å²) in [6, 6.07) is 15.1. The third kappa shape index (κ3) is 5.14. The Labute approximate surface area is 206 Å². The van der Waals surface area contributed by atoms with Crippen LogP contribution in [0.2, 0.25) is 0 Å². The van der Waals surface area contributed by atoms with E-state index < -0.39 is 0 Å². The molecule has 5 rings (SSSR count). The van der Waals surface area contributed by atoms with Crippen molar-refractivity contribution in [2.75, 3.05) is 28.6 Å². The van der Waals surface area contributed by atoms with E-state index in [1.54, 1.807) is 49.5 Å². The third-order valence-corrected chi connectivity index (χ3v) is 7.08. The highest BCUT2D eigenvalue weighted by atomic mass is 32.1. The standard InChI is InChI=1S/C26H24FN5O2S/c1-16-9-10-20(14-21(16)27)30-23(33)17-5-2-7-19(13-17)29-24(34)18-6-4-12-32(15-18)26-31-22-8-3-11-28-25(22)35-26/h2-3,5,7-11,13-14,18H,4,6,12,15H2,1H3,(H,29,34)(H,30,33). The average Bonchev–Trinajstić information content (AvgIpc) is 3.31. The fraction of sp³-hybridized carbons (Fsp3) is 0.231. The molecule has 7 nitrogen and oxygen atoms in total. The zero-order chi connectivity index (χ0) is 24.4. The van der Waals surface area contributed by atoms with Crippen LogP contribution in [0.5, 0.6) is 0 Å². The summed E-state index contributed by atoms with van der Waals surface area (Å²) in [5.41, 5.74) is 2.66. The largest absolute Gasteiger partial charge is 0.347 e. The van der Waals surface area contributed by atoms with Gasteiger partial charge in [0.1, 0.15) is 16.2 Å². The van der Waals surface area contributed by atoms with Gasteiger partial charge in [-0.3, -0.25) is 9.59 Å². The Hall–Kier alpha value is -3.85. The molecule has 1 atom stereocenters. The molecule has 1 unspecified atom stereocenters. The van der Waals surface area contributed by atoms with Crippen molar-refractivity contribution >= 4 is 50.0 Å². The number of thiazole rings is 1. The number of aromatic nitrogens is 2. The number of fused-ring (bicyclic) bond motifs is 1. The number of rotatable bonds is 5. The lowest BCUT2D eigenvalue weighted by Gasteiger charge is -2.31. The van der Waals surface area contributed by atoms with Crippen molar-refractivity contribution in [3.8, 4) is 0 Å². The van der Waals surface area contributed by atoms with Crippen LogP contribution in [-0.2, 0) is 4.79 Å². The Bertz CT molecular complexity index is 1370. The quantitative estimate of drug-likeness (QED) is 0.400. The van der Waals surface area contributed by atoms with Crippen LogP contribution in [0.3, 0.4) is 0 Å². The number of amides is 2. The number of nitrogens with one attached hydrogen (secondary N) is 2. The molecule has 1 fully saturated rings. The Kier molecular flexibility index (Phi) is 6.41. The number of carbonyl (C=O) groups excluding carboxylic acids is 2. The van der Waals surface area contributed by atoms with Crippen LogP contribution in [-0.4, -0.2) is 34.9 Å². The molecule has 35 heavy (non-hydrogen) atoms. The monoisotopic (exact) mass is 489 g/mol. The molecule has 2 aromatic heterocycles. The molecule has 1 saturated heterocycles. The van der Waals surface area contributed by atoms with Gasteiger partial charge in [-0.15, -0.1) is 0 Å². The van der Waals surface area contributed by atoms with Crippen molar-refractivity contribution in [2.24, 2.45) is 5.92 Å². The molecule has 0 radical (unpaired) electrons. The number of carbonyl (C=O) groups is 2. The number of aryl methyl sites for hydroxylation is 1. The number of piperidine rings is 1. The van der Waals surface area contributed by atoms with Gasteiger partial charge in [-0.25, -0.2) is 14.4 Å². The third-order valence-electron chi connectivity index (χ3n) is 6.04. The fourth-order valence-corrected chi connectivity index (χ4v) is 5.06. The molecule has 4 aromatic rings. The van der Waals surface area contributed by atoms with Gasteiger partial charge < -0.3 is 15.5 Å². The number of anilines is 3. The van der Waals surface area contributed by atoms with Gasteiger partial charge in [0, 0.05) is 36.2 Å². The summed E-state index contributed by atoms with van der Waals surface area (Å²) in [5.74, 6) is -1.05. The molecular formula is C26H24FN5O2S. The van der Waals surface area contributed by atoms with Gasteiger partial charge in [-0.1, -0.05) is 23.5 Å². The molecule has 9 heteroatoms. The smallest absolute Gasteiger partial charge is 0.255 e. The van der Waals surface area contributed by atoms with E-state index in [-0.39, 0.29) is 23.5 Å². The van der Waals surface area contributed by atoms with Crippen LogP contribution in [0, 0.1) is 18.7 Å². The second-order valence-electron chi connectivity index (χ2n) is 8.60. The minimum Gasteiger partial charge on any atom is -0.347 e. The van der Waals surface area contributed by atoms with Crippen molar-refractivity contribution in [3.63, 3.8) is 0 Å². The number of pyridine rings is 1. The zero-order valence-electron chi connectivity index (χ0n) is 19.1. The molecule has 2 aromatic carbocycles. The number of halogens is 1. The molecule has 1 aliphatic rings. The second-order valence-corrected chi connectivity index (χ2v) is 9.55. The first kappa shape index (κ1) is 22.9. The van der Waals surface area contributed by atoms with Crippen molar-refractivity contribution in [3.05, 3.63) is 77.7 Å². The highest BCUT2D eigenvalue weighted by Gasteiger charge is 2.28. The van der Waals surface area contributed by atoms with Crippen LogP contribution in [0.1, 0.15) is 28.8 Å². The maximum Gasteiger partial charge on any atom is 0.255 e. The lowest BCUT2D eigenvalue weighted by atomic mass is 9.97. The number of nitrogens with zero attached hydrogens (tertiary/aromatic N) is 3. The molecule has 0 spiro atoms. The van der Waals surface area contributed by atoms with Crippen molar-refractivity contribution in [1.82, 2.24) is 9.97 Å². The summed E-state index contributed by atoms with van der Waals surface area (Å²) in [6.07, 6.45) is 3.42. The van der Waals surface area contributed by atoms with Gasteiger partial charge >= 0.3 is 0 Å². The summed E-state index contributed by atoms with van der Waals surface area (Å²) in [4.78, 5) is 37.8. The van der Waals surface area contributed by atoms with Crippen LogP contribution < -0.4 is 15.5 Å². The van der Waals surface area contributed by atoms with Crippen molar-refractivity contribution in [1.29, 1.82) is 0 Å². The van der Waals surface area contributed by atoms with Crippen molar-refractivity contribution in [2.45, 2.75) is 19.8 Å². The number of benzene rings is 2. The minimum atomic E-state index is -0.382. The molecule has 2 amide bonds. The summed E-state index contributed by atoms with van der Waals surface area (Å²) in [6.45, 7) is 3.08. The van der Waals surface area contributed by atoms with E-state index in [0.29, 0.717) is 29.0 Å². The van der Waals surface area contributed by atoms with E-state index in [1.165, 1.54) is 17.4 Å². The summed E-state index contributed by atoms with van der Waals surface area (Å²) >= 11 is 1.53. The molecule has 3 heterocycles. The first-order valence-electron chi connectivity index (χ1n) is 11.4. The first-order chi connectivity index (χ1) is 17.0. The molecular weight excluding hydrogens is 465 g/mol. The SMILES string of the molecule is Cc1ccc(NC(=O)c2cccc(NC(=O)C3CCCN(c4nc5cccnc5s4)C3)c2)cc1F. The maximum atomic E-state index is 13.8. The molecule has 0 bridgehead atoms. The summed E-state index contributed by atoms with van der Waals surface area (Å²) in [7, 11) is 0. The van der Waals surface area contributed by atoms with Crippen LogP contribution in [0.25, 0.3) is 10.3 Å². The van der Waals surface area contributed by atoms with Gasteiger partial charge in [-0.05, 0) is 67.8 Å². The van der Waals surface area contributed by atoms with Gasteiger partial charge in [0.25, 0.3) is 5.91 Å². The predicted octanol–water partition coefficient (Wildman–Crippen LogP) is 5.25. The Morgan fingerprint density at radius 3 is 2.77 bits per heavy atom. The average molecular weight is 490 g/mol. The minimum absolute atomic E-state index is 0.0906. The van der Waals surface area contributed by atoms with Gasteiger partial charge in [-0.2, -0.15) is 0 Å². The lowest BCUT2D eigenvalue weighted by molar-refractivity contribution is -0.120. The first-order valence-corrected chi connectivity index (χ1v) is 12.2. The Morgan fingerprint density at radius 2 is 1.94 bits per heavy atom. The lowest BCUT2D eigenvalue weighted by Crippen LogP contribution is -2.40. The van der Waals surface area contributed by atoms with Gasteiger partial charge in [0.15, 0.2) is 5.13 Å². The van der Waals surface area contributed by atoms with E-state index in [0.717, 1.165) is 34.9 Å². The van der Waals surface area contributed by atoms with Crippen LogP contribution in [0.15, 0.2) is 60.8 Å². The molecule has 0 aliphatic carbocycles. The zero-order valence-corrected chi connectivity index (χ0v) is 19.9. The Morgan fingerprint density at radius 1 is 1.09 bits per heavy atom. The van der Waals surface area contributed by atoms with Crippen LogP contribution >= 0.6 is 11.3 Å². The highest BCUT2D eigenvalue weighted by Crippen LogP contribution is 2.30. The Balaban J connectivity index is 1.24. The molecule has 1 aliphatic heterocycles. The van der Waals surface area contributed by atoms with E-state index >= 15 is 0 Å². The normalized spacial score (nSPS) is 15.7. The number of hydrogen-bond donors (Lipinski definition) is 2. The molecule has 178 valence electrons. The van der Waals surface area contributed by atoms with Gasteiger partial charge in [0.05, 0.1) is 5.92 Å². The second kappa shape index (κ2) is 9.79. The topological polar surface area (TPSA) is 87.2 Å². The van der Waals surface area contributed by atoms with E-state index in [1.807, 2.05) is 12.1 Å². The van der Waals surface area contributed by atoms with E-state index in [2.05, 4.69) is 25.5 Å². The van der Waals surface area contributed by atoms with Crippen LogP contribution in [0.4, 0.5) is 20.9 Å². The van der Waals surface area contributed by atoms with E-state index in [9.17, 15) is 14.0 Å². The highest BCUT2D eigenvalue weighted by molar-refractivity contribution is 7.21. The summed E-state index contributed by atoms with van der Waals surface area (Å²) < 4.78 is 13.8. The number of hydrogen-bond acceptors (Lipinski definition) is 6. The maximum absolute atomic E-state index is 13.8. The molecule has 0 saturated carbocycles. The predicted molar refractivity (Wildman–Crippen MR) is 137 cm³/mol. The fourth-order valence-electron chi connectivity index (χ4n) is 4.11. The van der Waals surface area contributed by atoms with E-state index in [4.69, 9.17) is 0 Å². The summed E-state index contributed by atoms with van der Waals surface area (Å²) in [5, 5.41) is 6.52. The van der Waals surface area contributed by atoms with Gasteiger partial charge in [0.2, 0.25) is 5.91 Å².